The molecule has 1 saturated carbocycles. The molecule has 64 valence electrons. The van der Waals surface area contributed by atoms with Crippen LogP contribution < -0.4 is 0 Å². The van der Waals surface area contributed by atoms with Crippen LogP contribution in [0.15, 0.2) is 0 Å². The molecule has 0 aromatic heterocycles. The standard InChI is InChI=1S/C8H14O2S/c1-11-7-4-2-3-6(5-7)8(9)10/h6-7H,2-5H2,1H3,(H,9,10)/t6?,7-/m1/s1. The Balaban J connectivity index is 2.39. The summed E-state index contributed by atoms with van der Waals surface area (Å²) >= 11 is 1.80. The van der Waals surface area contributed by atoms with Gasteiger partial charge in [-0.25, -0.2) is 0 Å². The van der Waals surface area contributed by atoms with Crippen LogP contribution in [0.1, 0.15) is 25.7 Å². The topological polar surface area (TPSA) is 37.3 Å². The molecule has 0 bridgehead atoms. The molecule has 0 amide bonds. The van der Waals surface area contributed by atoms with Crippen molar-refractivity contribution in [3.05, 3.63) is 0 Å². The van der Waals surface area contributed by atoms with Crippen LogP contribution in [0.3, 0.4) is 0 Å². The lowest BCUT2D eigenvalue weighted by atomic mass is 9.89. The maximum atomic E-state index is 10.6. The van der Waals surface area contributed by atoms with Crippen molar-refractivity contribution in [3.63, 3.8) is 0 Å². The molecule has 1 aliphatic rings. The smallest absolute Gasteiger partial charge is 0.306 e. The van der Waals surface area contributed by atoms with E-state index in [4.69, 9.17) is 5.11 Å². The molecule has 1 aliphatic carbocycles. The summed E-state index contributed by atoms with van der Waals surface area (Å²) in [6, 6.07) is 0. The average Bonchev–Trinajstić information content (AvgIpc) is 2.05. The summed E-state index contributed by atoms with van der Waals surface area (Å²) in [6.45, 7) is 0. The maximum absolute atomic E-state index is 10.6. The van der Waals surface area contributed by atoms with Gasteiger partial charge in [-0.1, -0.05) is 6.42 Å². The molecule has 0 aliphatic heterocycles. The molecule has 0 radical (unpaired) electrons. The molecule has 1 N–H and O–H groups in total. The summed E-state index contributed by atoms with van der Waals surface area (Å²) in [7, 11) is 0. The molecule has 2 atom stereocenters. The highest BCUT2D eigenvalue weighted by Crippen LogP contribution is 2.30. The first-order valence-corrected chi connectivity index (χ1v) is 5.28. The lowest BCUT2D eigenvalue weighted by Crippen LogP contribution is -2.23. The van der Waals surface area contributed by atoms with E-state index in [2.05, 4.69) is 6.26 Å². The molecule has 0 saturated heterocycles. The zero-order valence-electron chi connectivity index (χ0n) is 6.75. The van der Waals surface area contributed by atoms with E-state index in [9.17, 15) is 4.79 Å². The summed E-state index contributed by atoms with van der Waals surface area (Å²) in [5.74, 6) is -0.676. The van der Waals surface area contributed by atoms with Crippen LogP contribution in [0.4, 0.5) is 0 Å². The van der Waals surface area contributed by atoms with E-state index in [0.29, 0.717) is 5.25 Å². The lowest BCUT2D eigenvalue weighted by Gasteiger charge is -2.24. The predicted molar refractivity (Wildman–Crippen MR) is 46.9 cm³/mol. The highest BCUT2D eigenvalue weighted by Gasteiger charge is 2.25. The Kier molecular flexibility index (Phi) is 3.24. The Morgan fingerprint density at radius 3 is 2.82 bits per heavy atom. The third kappa shape index (κ3) is 2.40. The fourth-order valence-corrected chi connectivity index (χ4v) is 2.41. The van der Waals surface area contributed by atoms with Gasteiger partial charge in [0.15, 0.2) is 0 Å². The van der Waals surface area contributed by atoms with E-state index in [1.54, 1.807) is 11.8 Å². The average molecular weight is 174 g/mol. The van der Waals surface area contributed by atoms with Gasteiger partial charge in [0.1, 0.15) is 0 Å². The first-order valence-electron chi connectivity index (χ1n) is 3.99. The van der Waals surface area contributed by atoms with Gasteiger partial charge in [-0.05, 0) is 25.5 Å². The van der Waals surface area contributed by atoms with Gasteiger partial charge in [0, 0.05) is 5.25 Å². The summed E-state index contributed by atoms with van der Waals surface area (Å²) in [4.78, 5) is 10.6. The Bertz CT molecular complexity index is 147. The highest BCUT2D eigenvalue weighted by atomic mass is 32.2. The van der Waals surface area contributed by atoms with E-state index in [1.165, 1.54) is 6.42 Å². The molecule has 0 spiro atoms. The molecule has 1 unspecified atom stereocenters. The minimum Gasteiger partial charge on any atom is -0.481 e. The minimum absolute atomic E-state index is 0.0683. The Morgan fingerprint density at radius 2 is 2.27 bits per heavy atom. The third-order valence-electron chi connectivity index (χ3n) is 2.31. The van der Waals surface area contributed by atoms with Crippen LogP contribution in [-0.4, -0.2) is 22.6 Å². The van der Waals surface area contributed by atoms with Crippen molar-refractivity contribution in [2.45, 2.75) is 30.9 Å². The van der Waals surface area contributed by atoms with Crippen LogP contribution in [0.2, 0.25) is 0 Å². The fourth-order valence-electron chi connectivity index (χ4n) is 1.58. The number of carboxylic acids is 1. The normalized spacial score (nSPS) is 31.7. The predicted octanol–water partition coefficient (Wildman–Crippen LogP) is 1.99. The Hall–Kier alpha value is -0.180. The SMILES string of the molecule is CS[C@@H]1CCCC(C(=O)O)C1. The van der Waals surface area contributed by atoms with Gasteiger partial charge in [0.2, 0.25) is 0 Å². The fraction of sp³-hybridized carbons (Fsp3) is 0.875. The van der Waals surface area contributed by atoms with E-state index in [-0.39, 0.29) is 5.92 Å². The summed E-state index contributed by atoms with van der Waals surface area (Å²) in [5, 5.41) is 9.33. The monoisotopic (exact) mass is 174 g/mol. The van der Waals surface area contributed by atoms with Crippen molar-refractivity contribution in [1.29, 1.82) is 0 Å². The number of aliphatic carboxylic acids is 1. The van der Waals surface area contributed by atoms with Crippen LogP contribution in [0.25, 0.3) is 0 Å². The molecule has 1 rings (SSSR count). The van der Waals surface area contributed by atoms with E-state index < -0.39 is 5.97 Å². The summed E-state index contributed by atoms with van der Waals surface area (Å²) < 4.78 is 0. The zero-order chi connectivity index (χ0) is 8.27. The van der Waals surface area contributed by atoms with Crippen molar-refractivity contribution in [2.75, 3.05) is 6.26 Å². The molecule has 1 fully saturated rings. The lowest BCUT2D eigenvalue weighted by molar-refractivity contribution is -0.142. The van der Waals surface area contributed by atoms with Crippen LogP contribution in [0.5, 0.6) is 0 Å². The van der Waals surface area contributed by atoms with Crippen molar-refractivity contribution >= 4 is 17.7 Å². The maximum Gasteiger partial charge on any atom is 0.306 e. The number of thioether (sulfide) groups is 1. The van der Waals surface area contributed by atoms with Gasteiger partial charge in [-0.2, -0.15) is 11.8 Å². The van der Waals surface area contributed by atoms with Crippen LogP contribution >= 0.6 is 11.8 Å². The highest BCUT2D eigenvalue weighted by molar-refractivity contribution is 7.99. The first-order chi connectivity index (χ1) is 5.24. The van der Waals surface area contributed by atoms with Gasteiger partial charge < -0.3 is 5.11 Å². The molecular weight excluding hydrogens is 160 g/mol. The number of carboxylic acid groups (broad SMARTS) is 1. The van der Waals surface area contributed by atoms with Crippen molar-refractivity contribution in [1.82, 2.24) is 0 Å². The molecule has 0 heterocycles. The van der Waals surface area contributed by atoms with Gasteiger partial charge in [0.25, 0.3) is 0 Å². The van der Waals surface area contributed by atoms with E-state index in [0.717, 1.165) is 19.3 Å². The van der Waals surface area contributed by atoms with Gasteiger partial charge in [0.05, 0.1) is 5.92 Å². The minimum atomic E-state index is -0.608. The Morgan fingerprint density at radius 1 is 1.55 bits per heavy atom. The summed E-state index contributed by atoms with van der Waals surface area (Å²) in [5.41, 5.74) is 0. The second-order valence-electron chi connectivity index (χ2n) is 3.06. The number of hydrogen-bond acceptors (Lipinski definition) is 2. The number of hydrogen-bond donors (Lipinski definition) is 1. The summed E-state index contributed by atoms with van der Waals surface area (Å²) in [6.07, 6.45) is 6.10. The number of rotatable bonds is 2. The van der Waals surface area contributed by atoms with Gasteiger partial charge >= 0.3 is 5.97 Å². The van der Waals surface area contributed by atoms with Gasteiger partial charge in [-0.15, -0.1) is 0 Å². The zero-order valence-corrected chi connectivity index (χ0v) is 7.56. The first kappa shape index (κ1) is 8.91. The number of carbonyl (C=O) groups is 1. The second-order valence-corrected chi connectivity index (χ2v) is 4.20. The van der Waals surface area contributed by atoms with Gasteiger partial charge in [-0.3, -0.25) is 4.79 Å². The molecule has 3 heteroatoms. The Labute approximate surface area is 71.4 Å². The molecular formula is C8H14O2S. The third-order valence-corrected chi connectivity index (χ3v) is 3.40. The molecule has 11 heavy (non-hydrogen) atoms. The van der Waals surface area contributed by atoms with Crippen LogP contribution in [-0.2, 0) is 4.79 Å². The molecule has 2 nitrogen and oxygen atoms in total. The van der Waals surface area contributed by atoms with E-state index in [1.807, 2.05) is 0 Å². The quantitative estimate of drug-likeness (QED) is 0.695. The van der Waals surface area contributed by atoms with Crippen molar-refractivity contribution in [3.8, 4) is 0 Å². The molecule has 0 aromatic rings. The second kappa shape index (κ2) is 4.00. The van der Waals surface area contributed by atoms with Crippen molar-refractivity contribution < 1.29 is 9.90 Å². The van der Waals surface area contributed by atoms with E-state index >= 15 is 0 Å². The molecule has 0 aromatic carbocycles. The van der Waals surface area contributed by atoms with Crippen molar-refractivity contribution in [2.24, 2.45) is 5.92 Å². The largest absolute Gasteiger partial charge is 0.481 e. The van der Waals surface area contributed by atoms with Crippen LogP contribution in [0, 0.1) is 5.92 Å².